The molecular weight excluding hydrogens is 390 g/mol. The molecule has 29 heavy (non-hydrogen) atoms. The van der Waals surface area contributed by atoms with Gasteiger partial charge in [0.1, 0.15) is 5.75 Å². The largest absolute Gasteiger partial charge is 0.484 e. The molecule has 0 spiro atoms. The van der Waals surface area contributed by atoms with Gasteiger partial charge in [0.25, 0.3) is 5.91 Å². The van der Waals surface area contributed by atoms with E-state index in [9.17, 15) is 9.59 Å². The standard InChI is InChI=1S/C22H31N3O3.ClH/c1-24(19-13-17-7-8-18(14-19)23-17)22(27)16-9-11-25(12-10-16)21(26)15-28-20-5-3-2-4-6-20;/h2-6,16-19,23H,7-15H2,1H3;1H. The van der Waals surface area contributed by atoms with Gasteiger partial charge >= 0.3 is 0 Å². The van der Waals surface area contributed by atoms with E-state index < -0.39 is 0 Å². The van der Waals surface area contributed by atoms with Gasteiger partial charge in [-0.05, 0) is 50.7 Å². The highest BCUT2D eigenvalue weighted by Gasteiger charge is 2.38. The zero-order valence-corrected chi connectivity index (χ0v) is 17.9. The number of hydrogen-bond donors (Lipinski definition) is 1. The number of piperidine rings is 2. The van der Waals surface area contributed by atoms with Crippen LogP contribution in [-0.4, -0.2) is 66.5 Å². The van der Waals surface area contributed by atoms with Gasteiger partial charge in [-0.2, -0.15) is 0 Å². The van der Waals surface area contributed by atoms with Gasteiger partial charge in [0, 0.05) is 44.2 Å². The monoisotopic (exact) mass is 421 g/mol. The molecule has 6 nitrogen and oxygen atoms in total. The fourth-order valence-electron chi connectivity index (χ4n) is 4.94. The van der Waals surface area contributed by atoms with Gasteiger partial charge in [-0.15, -0.1) is 12.4 Å². The van der Waals surface area contributed by atoms with E-state index in [1.54, 1.807) is 0 Å². The normalized spacial score (nSPS) is 26.5. The predicted molar refractivity (Wildman–Crippen MR) is 114 cm³/mol. The maximum atomic E-state index is 13.0. The number of ether oxygens (including phenoxy) is 1. The maximum absolute atomic E-state index is 13.0. The Bertz CT molecular complexity index is 682. The Hall–Kier alpha value is -1.79. The zero-order valence-electron chi connectivity index (χ0n) is 17.1. The van der Waals surface area contributed by atoms with E-state index in [2.05, 4.69) is 5.32 Å². The fourth-order valence-corrected chi connectivity index (χ4v) is 4.94. The summed E-state index contributed by atoms with van der Waals surface area (Å²) < 4.78 is 5.57. The van der Waals surface area contributed by atoms with Gasteiger partial charge in [0.15, 0.2) is 6.61 Å². The smallest absolute Gasteiger partial charge is 0.260 e. The van der Waals surface area contributed by atoms with Crippen molar-refractivity contribution >= 4 is 24.2 Å². The summed E-state index contributed by atoms with van der Waals surface area (Å²) in [6.45, 7) is 1.33. The lowest BCUT2D eigenvalue weighted by Gasteiger charge is -2.39. The number of rotatable bonds is 5. The molecule has 0 aromatic heterocycles. The number of nitrogens with one attached hydrogen (secondary N) is 1. The molecular formula is C22H32ClN3O3. The number of halogens is 1. The lowest BCUT2D eigenvalue weighted by Crippen LogP contribution is -2.51. The summed E-state index contributed by atoms with van der Waals surface area (Å²) in [6.07, 6.45) is 6.14. The summed E-state index contributed by atoms with van der Waals surface area (Å²) in [7, 11) is 1.98. The van der Waals surface area contributed by atoms with Crippen LogP contribution < -0.4 is 10.1 Å². The summed E-state index contributed by atoms with van der Waals surface area (Å²) in [5.41, 5.74) is 0. The van der Waals surface area contributed by atoms with Crippen LogP contribution in [0.1, 0.15) is 38.5 Å². The van der Waals surface area contributed by atoms with Gasteiger partial charge in [-0.3, -0.25) is 9.59 Å². The van der Waals surface area contributed by atoms with Crippen LogP contribution in [0, 0.1) is 5.92 Å². The average Bonchev–Trinajstić information content (AvgIpc) is 3.09. The number of nitrogens with zero attached hydrogens (tertiary/aromatic N) is 2. The number of fused-ring (bicyclic) bond motifs is 2. The number of likely N-dealkylation sites (tertiary alicyclic amines) is 1. The van der Waals surface area contributed by atoms with Gasteiger partial charge in [-0.1, -0.05) is 18.2 Å². The minimum Gasteiger partial charge on any atom is -0.484 e. The lowest BCUT2D eigenvalue weighted by molar-refractivity contribution is -0.142. The van der Waals surface area contributed by atoms with Crippen LogP contribution >= 0.6 is 12.4 Å². The number of amides is 2. The molecule has 4 rings (SSSR count). The molecule has 0 saturated carbocycles. The van der Waals surface area contributed by atoms with Crippen LogP contribution in [0.15, 0.2) is 30.3 Å². The lowest BCUT2D eigenvalue weighted by atomic mass is 9.92. The molecule has 7 heteroatoms. The van der Waals surface area contributed by atoms with E-state index in [4.69, 9.17) is 4.74 Å². The van der Waals surface area contributed by atoms with Crippen LogP contribution in [0.25, 0.3) is 0 Å². The second kappa shape index (κ2) is 9.81. The van der Waals surface area contributed by atoms with Crippen molar-refractivity contribution in [3.05, 3.63) is 30.3 Å². The van der Waals surface area contributed by atoms with Crippen LogP contribution in [0.3, 0.4) is 0 Å². The van der Waals surface area contributed by atoms with Gasteiger partial charge in [0.05, 0.1) is 0 Å². The molecule has 3 saturated heterocycles. The highest BCUT2D eigenvalue weighted by Crippen LogP contribution is 2.31. The van der Waals surface area contributed by atoms with E-state index in [-0.39, 0.29) is 36.7 Å². The van der Waals surface area contributed by atoms with E-state index in [0.29, 0.717) is 37.0 Å². The van der Waals surface area contributed by atoms with Crippen molar-refractivity contribution in [2.24, 2.45) is 5.92 Å². The third-order valence-corrected chi connectivity index (χ3v) is 6.65. The first-order valence-electron chi connectivity index (χ1n) is 10.6. The number of carbonyl (C=O) groups excluding carboxylic acids is 2. The maximum Gasteiger partial charge on any atom is 0.260 e. The average molecular weight is 422 g/mol. The first-order chi connectivity index (χ1) is 13.6. The van der Waals surface area contributed by atoms with E-state index in [1.807, 2.05) is 47.2 Å². The highest BCUT2D eigenvalue weighted by atomic mass is 35.5. The number of carbonyl (C=O) groups is 2. The number of para-hydroxylation sites is 1. The third kappa shape index (κ3) is 5.23. The molecule has 3 fully saturated rings. The van der Waals surface area contributed by atoms with Crippen molar-refractivity contribution in [2.75, 3.05) is 26.7 Å². The molecule has 160 valence electrons. The summed E-state index contributed by atoms with van der Waals surface area (Å²) in [4.78, 5) is 29.2. The Morgan fingerprint density at radius 3 is 2.31 bits per heavy atom. The molecule has 0 radical (unpaired) electrons. The summed E-state index contributed by atoms with van der Waals surface area (Å²) in [6, 6.07) is 10.9. The van der Waals surface area contributed by atoms with E-state index >= 15 is 0 Å². The molecule has 3 heterocycles. The summed E-state index contributed by atoms with van der Waals surface area (Å²) in [5, 5.41) is 3.64. The molecule has 1 N–H and O–H groups in total. The number of benzene rings is 1. The van der Waals surface area contributed by atoms with Crippen LogP contribution in [-0.2, 0) is 9.59 Å². The first-order valence-corrected chi connectivity index (χ1v) is 10.6. The molecule has 2 bridgehead atoms. The second-order valence-electron chi connectivity index (χ2n) is 8.47. The van der Waals surface area contributed by atoms with Crippen molar-refractivity contribution in [3.63, 3.8) is 0 Å². The van der Waals surface area contributed by atoms with Crippen LogP contribution in [0.2, 0.25) is 0 Å². The van der Waals surface area contributed by atoms with Crippen molar-refractivity contribution < 1.29 is 14.3 Å². The molecule has 1 aromatic rings. The number of hydrogen-bond acceptors (Lipinski definition) is 4. The summed E-state index contributed by atoms with van der Waals surface area (Å²) >= 11 is 0. The molecule has 0 aliphatic carbocycles. The van der Waals surface area contributed by atoms with Crippen molar-refractivity contribution in [2.45, 2.75) is 56.7 Å². The summed E-state index contributed by atoms with van der Waals surface area (Å²) in [5.74, 6) is 1.01. The molecule has 1 aromatic carbocycles. The SMILES string of the molecule is CN(C(=O)C1CCN(C(=O)COc2ccccc2)CC1)C1CC2CCC(C1)N2.Cl. The Labute approximate surface area is 179 Å². The van der Waals surface area contributed by atoms with Crippen LogP contribution in [0.5, 0.6) is 5.75 Å². The minimum absolute atomic E-state index is 0. The van der Waals surface area contributed by atoms with Gasteiger partial charge in [-0.25, -0.2) is 0 Å². The van der Waals surface area contributed by atoms with Gasteiger partial charge < -0.3 is 19.9 Å². The van der Waals surface area contributed by atoms with E-state index in [0.717, 1.165) is 25.7 Å². The molecule has 3 aliphatic heterocycles. The third-order valence-electron chi connectivity index (χ3n) is 6.65. The molecule has 3 aliphatic rings. The van der Waals surface area contributed by atoms with Crippen molar-refractivity contribution in [1.29, 1.82) is 0 Å². The van der Waals surface area contributed by atoms with Crippen molar-refractivity contribution in [1.82, 2.24) is 15.1 Å². The van der Waals surface area contributed by atoms with E-state index in [1.165, 1.54) is 12.8 Å². The highest BCUT2D eigenvalue weighted by molar-refractivity contribution is 5.85. The minimum atomic E-state index is -0.00182. The van der Waals surface area contributed by atoms with Gasteiger partial charge in [0.2, 0.25) is 5.91 Å². The molecule has 2 amide bonds. The predicted octanol–water partition coefficient (Wildman–Crippen LogP) is 2.47. The Morgan fingerprint density at radius 2 is 1.69 bits per heavy atom. The first kappa shape index (κ1) is 21.9. The molecule has 2 unspecified atom stereocenters. The van der Waals surface area contributed by atoms with Crippen molar-refractivity contribution in [3.8, 4) is 5.75 Å². The Morgan fingerprint density at radius 1 is 1.07 bits per heavy atom. The van der Waals surface area contributed by atoms with Crippen LogP contribution in [0.4, 0.5) is 0 Å². The Kier molecular flexibility index (Phi) is 7.41. The topological polar surface area (TPSA) is 61.9 Å². The molecule has 2 atom stereocenters. The quantitative estimate of drug-likeness (QED) is 0.793. The fraction of sp³-hybridized carbons (Fsp3) is 0.636. The zero-order chi connectivity index (χ0) is 19.5. The second-order valence-corrected chi connectivity index (χ2v) is 8.47. The Balaban J connectivity index is 0.00000240.